The molecule has 1 aliphatic heterocycles. The Morgan fingerprint density at radius 1 is 0.919 bits per heavy atom. The lowest BCUT2D eigenvalue weighted by atomic mass is 10.2. The van der Waals surface area contributed by atoms with Gasteiger partial charge in [0.15, 0.2) is 5.11 Å². The number of anilines is 4. The van der Waals surface area contributed by atoms with Crippen LogP contribution < -0.4 is 21.3 Å². The van der Waals surface area contributed by atoms with E-state index in [9.17, 15) is 0 Å². The third-order valence-electron chi connectivity index (χ3n) is 5.66. The lowest BCUT2D eigenvalue weighted by Crippen LogP contribution is -2.39. The standard InChI is InChI=1S/C27H34N8OS/c1-20-19-21(2)30-26(29-20)33-25(28-13-6-14-35-15-17-36-18-16-35)34-27(37)32-24-11-9-23(10-12-24)31-22-7-4-3-5-8-22/h3-5,7-12,19,31H,6,13-18H2,1-2H3,(H3,28,29,30,32,33,34,37). The van der Waals surface area contributed by atoms with Crippen molar-refractivity contribution in [2.45, 2.75) is 20.3 Å². The lowest BCUT2D eigenvalue weighted by molar-refractivity contribution is 0.0377. The molecule has 1 aliphatic rings. The molecule has 9 nitrogen and oxygen atoms in total. The van der Waals surface area contributed by atoms with Crippen LogP contribution in [0.1, 0.15) is 17.8 Å². The van der Waals surface area contributed by atoms with E-state index in [0.29, 0.717) is 23.6 Å². The van der Waals surface area contributed by atoms with Crippen LogP contribution in [0.3, 0.4) is 0 Å². The molecule has 0 amide bonds. The molecule has 2 heterocycles. The van der Waals surface area contributed by atoms with Gasteiger partial charge in [-0.1, -0.05) is 18.2 Å². The fraction of sp³-hybridized carbons (Fsp3) is 0.333. The summed E-state index contributed by atoms with van der Waals surface area (Å²) < 4.78 is 5.43. The number of morpholine rings is 1. The van der Waals surface area contributed by atoms with Gasteiger partial charge in [0.25, 0.3) is 0 Å². The Morgan fingerprint density at radius 3 is 2.27 bits per heavy atom. The number of benzene rings is 2. The Labute approximate surface area is 223 Å². The van der Waals surface area contributed by atoms with Gasteiger partial charge >= 0.3 is 0 Å². The van der Waals surface area contributed by atoms with Crippen molar-refractivity contribution in [3.63, 3.8) is 0 Å². The number of aryl methyl sites for hydroxylation is 2. The number of aromatic nitrogens is 2. The summed E-state index contributed by atoms with van der Waals surface area (Å²) in [5.41, 5.74) is 4.66. The van der Waals surface area contributed by atoms with E-state index in [1.54, 1.807) is 0 Å². The fourth-order valence-corrected chi connectivity index (χ4v) is 4.12. The van der Waals surface area contributed by atoms with Gasteiger partial charge in [0.1, 0.15) is 0 Å². The number of hydrogen-bond acceptors (Lipinski definition) is 7. The van der Waals surface area contributed by atoms with Crippen molar-refractivity contribution in [3.8, 4) is 0 Å². The maximum absolute atomic E-state index is 5.58. The number of para-hydroxylation sites is 1. The molecule has 4 rings (SSSR count). The van der Waals surface area contributed by atoms with Crippen molar-refractivity contribution in [2.24, 2.45) is 4.99 Å². The Balaban J connectivity index is 1.35. The van der Waals surface area contributed by atoms with Gasteiger partial charge in [-0.25, -0.2) is 9.97 Å². The third kappa shape index (κ3) is 9.09. The Kier molecular flexibility index (Phi) is 9.75. The molecular weight excluding hydrogens is 484 g/mol. The van der Waals surface area contributed by atoms with E-state index in [4.69, 9.17) is 21.9 Å². The van der Waals surface area contributed by atoms with Crippen LogP contribution in [0.15, 0.2) is 65.7 Å². The summed E-state index contributed by atoms with van der Waals surface area (Å²) in [4.78, 5) is 16.1. The molecular formula is C27H34N8OS. The van der Waals surface area contributed by atoms with E-state index in [2.05, 4.69) is 36.1 Å². The maximum Gasteiger partial charge on any atom is 0.229 e. The van der Waals surface area contributed by atoms with Crippen molar-refractivity contribution in [1.29, 1.82) is 0 Å². The SMILES string of the molecule is Cc1cc(C)nc(NC(=NCCCN2CCOCC2)NC(=S)Nc2ccc(Nc3ccccc3)cc2)n1. The Bertz CT molecular complexity index is 1160. The Morgan fingerprint density at radius 2 is 1.57 bits per heavy atom. The first-order valence-electron chi connectivity index (χ1n) is 12.5. The second-order valence-corrected chi connectivity index (χ2v) is 9.19. The number of rotatable bonds is 8. The van der Waals surface area contributed by atoms with E-state index in [1.807, 2.05) is 74.5 Å². The van der Waals surface area contributed by atoms with Gasteiger partial charge in [0, 0.05) is 54.6 Å². The van der Waals surface area contributed by atoms with Crippen molar-refractivity contribution in [2.75, 3.05) is 55.3 Å². The van der Waals surface area contributed by atoms with Crippen molar-refractivity contribution in [3.05, 3.63) is 72.1 Å². The first kappa shape index (κ1) is 26.5. The summed E-state index contributed by atoms with van der Waals surface area (Å²) in [7, 11) is 0. The minimum atomic E-state index is 0.424. The molecule has 1 fully saturated rings. The predicted octanol–water partition coefficient (Wildman–Crippen LogP) is 4.31. The molecule has 0 aliphatic carbocycles. The molecule has 3 aromatic rings. The number of hydrogen-bond donors (Lipinski definition) is 4. The number of ether oxygens (including phenoxy) is 1. The van der Waals surface area contributed by atoms with Crippen molar-refractivity contribution in [1.82, 2.24) is 20.2 Å². The highest BCUT2D eigenvalue weighted by molar-refractivity contribution is 7.80. The zero-order chi connectivity index (χ0) is 25.9. The average Bonchev–Trinajstić information content (AvgIpc) is 2.88. The molecule has 0 saturated carbocycles. The van der Waals surface area contributed by atoms with Crippen LogP contribution in [0.5, 0.6) is 0 Å². The zero-order valence-electron chi connectivity index (χ0n) is 21.3. The topological polar surface area (TPSA) is 98.7 Å². The highest BCUT2D eigenvalue weighted by Crippen LogP contribution is 2.18. The number of nitrogens with zero attached hydrogens (tertiary/aromatic N) is 4. The van der Waals surface area contributed by atoms with Crippen LogP contribution in [0.2, 0.25) is 0 Å². The fourth-order valence-electron chi connectivity index (χ4n) is 3.90. The smallest absolute Gasteiger partial charge is 0.229 e. The lowest BCUT2D eigenvalue weighted by Gasteiger charge is -2.26. The van der Waals surface area contributed by atoms with Crippen molar-refractivity contribution < 1.29 is 4.74 Å². The molecule has 0 bridgehead atoms. The average molecular weight is 519 g/mol. The molecule has 194 valence electrons. The maximum atomic E-state index is 5.58. The largest absolute Gasteiger partial charge is 0.379 e. The highest BCUT2D eigenvalue weighted by atomic mass is 32.1. The quantitative estimate of drug-likeness (QED) is 0.150. The van der Waals surface area contributed by atoms with E-state index >= 15 is 0 Å². The molecule has 10 heteroatoms. The summed E-state index contributed by atoms with van der Waals surface area (Å²) in [6.07, 6.45) is 0.927. The van der Waals surface area contributed by atoms with Crippen LogP contribution in [0.4, 0.5) is 23.0 Å². The molecule has 1 aromatic heterocycles. The summed E-state index contributed by atoms with van der Waals surface area (Å²) in [5, 5.41) is 13.4. The number of aliphatic imine (C=N–C) groups is 1. The molecule has 0 unspecified atom stereocenters. The predicted molar refractivity (Wildman–Crippen MR) is 155 cm³/mol. The second-order valence-electron chi connectivity index (χ2n) is 8.78. The minimum Gasteiger partial charge on any atom is -0.379 e. The normalized spacial score (nSPS) is 14.2. The van der Waals surface area contributed by atoms with Gasteiger partial charge in [-0.2, -0.15) is 0 Å². The van der Waals surface area contributed by atoms with Gasteiger partial charge in [0.05, 0.1) is 13.2 Å². The third-order valence-corrected chi connectivity index (χ3v) is 5.86. The monoisotopic (exact) mass is 518 g/mol. The van der Waals surface area contributed by atoms with Gasteiger partial charge < -0.3 is 20.7 Å². The number of nitrogens with one attached hydrogen (secondary N) is 4. The Hall–Kier alpha value is -3.60. The first-order valence-corrected chi connectivity index (χ1v) is 12.9. The summed E-state index contributed by atoms with van der Waals surface area (Å²) >= 11 is 5.58. The van der Waals surface area contributed by atoms with Crippen LogP contribution in [0.25, 0.3) is 0 Å². The molecule has 4 N–H and O–H groups in total. The molecule has 1 saturated heterocycles. The first-order chi connectivity index (χ1) is 18.0. The van der Waals surface area contributed by atoms with Crippen LogP contribution in [-0.2, 0) is 4.74 Å². The van der Waals surface area contributed by atoms with E-state index < -0.39 is 0 Å². The molecule has 0 radical (unpaired) electrons. The van der Waals surface area contributed by atoms with E-state index in [-0.39, 0.29) is 0 Å². The van der Waals surface area contributed by atoms with Crippen LogP contribution >= 0.6 is 12.2 Å². The van der Waals surface area contributed by atoms with E-state index in [1.165, 1.54) is 0 Å². The number of thiocarbonyl (C=S) groups is 1. The summed E-state index contributed by atoms with van der Waals surface area (Å²) in [5.74, 6) is 0.989. The van der Waals surface area contributed by atoms with Gasteiger partial charge in [-0.3, -0.25) is 15.2 Å². The second kappa shape index (κ2) is 13.6. The summed E-state index contributed by atoms with van der Waals surface area (Å²) in [6, 6.07) is 19.9. The van der Waals surface area contributed by atoms with Gasteiger partial charge in [-0.05, 0) is 75.0 Å². The summed E-state index contributed by atoms with van der Waals surface area (Å²) in [6.45, 7) is 9.03. The van der Waals surface area contributed by atoms with Gasteiger partial charge in [0.2, 0.25) is 11.9 Å². The minimum absolute atomic E-state index is 0.424. The molecule has 37 heavy (non-hydrogen) atoms. The van der Waals surface area contributed by atoms with Crippen LogP contribution in [-0.4, -0.2) is 65.3 Å². The highest BCUT2D eigenvalue weighted by Gasteiger charge is 2.10. The van der Waals surface area contributed by atoms with Crippen LogP contribution in [0, 0.1) is 13.8 Å². The zero-order valence-corrected chi connectivity index (χ0v) is 22.1. The van der Waals surface area contributed by atoms with Crippen molar-refractivity contribution >= 4 is 46.3 Å². The molecule has 0 atom stereocenters. The van der Waals surface area contributed by atoms with Gasteiger partial charge in [-0.15, -0.1) is 0 Å². The van der Waals surface area contributed by atoms with E-state index in [0.717, 1.165) is 67.7 Å². The molecule has 2 aromatic carbocycles. The number of guanidine groups is 1. The molecule has 0 spiro atoms.